The zero-order valence-electron chi connectivity index (χ0n) is 10.4. The highest BCUT2D eigenvalue weighted by molar-refractivity contribution is 5.84. The molecule has 3 aromatic rings. The molecule has 0 radical (unpaired) electrons. The van der Waals surface area contributed by atoms with Crippen molar-refractivity contribution in [3.8, 4) is 11.3 Å². The SMILES string of the molecule is Cn1ccc2cc(-c3cc(CCN)co3)ccc21. The molecule has 0 fully saturated rings. The molecule has 0 aliphatic carbocycles. The van der Waals surface area contributed by atoms with Gasteiger partial charge in [0.2, 0.25) is 0 Å². The molecule has 2 heterocycles. The summed E-state index contributed by atoms with van der Waals surface area (Å²) in [6, 6.07) is 10.5. The van der Waals surface area contributed by atoms with Crippen molar-refractivity contribution in [2.75, 3.05) is 6.54 Å². The number of aryl methyl sites for hydroxylation is 1. The molecular formula is C15H16N2O. The van der Waals surface area contributed by atoms with Crippen LogP contribution in [0.1, 0.15) is 5.56 Å². The van der Waals surface area contributed by atoms with E-state index in [4.69, 9.17) is 10.2 Å². The van der Waals surface area contributed by atoms with Crippen LogP contribution in [0.4, 0.5) is 0 Å². The van der Waals surface area contributed by atoms with Crippen LogP contribution in [-0.4, -0.2) is 11.1 Å². The average Bonchev–Trinajstić information content (AvgIpc) is 2.97. The maximum atomic E-state index is 5.60. The number of nitrogens with zero attached hydrogens (tertiary/aromatic N) is 1. The summed E-state index contributed by atoms with van der Waals surface area (Å²) in [5.41, 5.74) is 9.03. The third kappa shape index (κ3) is 1.83. The number of benzene rings is 1. The fourth-order valence-electron chi connectivity index (χ4n) is 2.26. The van der Waals surface area contributed by atoms with Gasteiger partial charge in [-0.25, -0.2) is 0 Å². The third-order valence-corrected chi connectivity index (χ3v) is 3.26. The lowest BCUT2D eigenvalue weighted by molar-refractivity contribution is 0.578. The van der Waals surface area contributed by atoms with E-state index in [1.807, 2.05) is 7.05 Å². The molecule has 2 N–H and O–H groups in total. The lowest BCUT2D eigenvalue weighted by atomic mass is 10.1. The molecule has 92 valence electrons. The highest BCUT2D eigenvalue weighted by atomic mass is 16.3. The quantitative estimate of drug-likeness (QED) is 0.765. The predicted molar refractivity (Wildman–Crippen MR) is 73.4 cm³/mol. The first-order valence-electron chi connectivity index (χ1n) is 6.11. The van der Waals surface area contributed by atoms with Crippen LogP contribution in [0.3, 0.4) is 0 Å². The molecule has 2 aromatic heterocycles. The zero-order chi connectivity index (χ0) is 12.5. The van der Waals surface area contributed by atoms with E-state index in [9.17, 15) is 0 Å². The molecular weight excluding hydrogens is 224 g/mol. The largest absolute Gasteiger partial charge is 0.464 e. The van der Waals surface area contributed by atoms with Crippen LogP contribution in [-0.2, 0) is 13.5 Å². The first kappa shape index (κ1) is 11.1. The van der Waals surface area contributed by atoms with Gasteiger partial charge in [0.25, 0.3) is 0 Å². The Morgan fingerprint density at radius 2 is 2.11 bits per heavy atom. The Morgan fingerprint density at radius 1 is 1.22 bits per heavy atom. The van der Waals surface area contributed by atoms with Crippen molar-refractivity contribution in [2.45, 2.75) is 6.42 Å². The van der Waals surface area contributed by atoms with E-state index < -0.39 is 0 Å². The van der Waals surface area contributed by atoms with Crippen molar-refractivity contribution in [3.05, 3.63) is 48.4 Å². The van der Waals surface area contributed by atoms with Crippen LogP contribution in [0.5, 0.6) is 0 Å². The zero-order valence-corrected chi connectivity index (χ0v) is 10.4. The standard InChI is InChI=1S/C15H16N2O/c1-17-7-5-12-9-13(2-3-14(12)17)15-8-11(4-6-16)10-18-15/h2-3,5,7-10H,4,6,16H2,1H3. The number of hydrogen-bond acceptors (Lipinski definition) is 2. The van der Waals surface area contributed by atoms with Gasteiger partial charge < -0.3 is 14.7 Å². The lowest BCUT2D eigenvalue weighted by Crippen LogP contribution is -2.01. The summed E-state index contributed by atoms with van der Waals surface area (Å²) in [6.45, 7) is 0.649. The second-order valence-electron chi connectivity index (χ2n) is 4.56. The molecule has 0 amide bonds. The first-order chi connectivity index (χ1) is 8.78. The van der Waals surface area contributed by atoms with Crippen molar-refractivity contribution in [1.29, 1.82) is 0 Å². The number of furan rings is 1. The second-order valence-corrected chi connectivity index (χ2v) is 4.56. The van der Waals surface area contributed by atoms with Crippen LogP contribution < -0.4 is 5.73 Å². The van der Waals surface area contributed by atoms with Crippen LogP contribution >= 0.6 is 0 Å². The Balaban J connectivity index is 2.02. The third-order valence-electron chi connectivity index (χ3n) is 3.26. The number of nitrogens with two attached hydrogens (primary N) is 1. The molecule has 1 aromatic carbocycles. The topological polar surface area (TPSA) is 44.1 Å². The van der Waals surface area contributed by atoms with Gasteiger partial charge in [0.1, 0.15) is 5.76 Å². The van der Waals surface area contributed by atoms with E-state index in [-0.39, 0.29) is 0 Å². The molecule has 0 spiro atoms. The highest BCUT2D eigenvalue weighted by Gasteiger charge is 2.06. The Labute approximate surface area is 106 Å². The Kier molecular flexibility index (Phi) is 2.68. The molecule has 3 rings (SSSR count). The maximum absolute atomic E-state index is 5.60. The summed E-state index contributed by atoms with van der Waals surface area (Å²) in [4.78, 5) is 0. The molecule has 0 bridgehead atoms. The van der Waals surface area contributed by atoms with E-state index in [0.29, 0.717) is 6.54 Å². The molecule has 0 saturated heterocycles. The summed E-state index contributed by atoms with van der Waals surface area (Å²) in [6.07, 6.45) is 4.71. The summed E-state index contributed by atoms with van der Waals surface area (Å²) in [7, 11) is 2.05. The fraction of sp³-hybridized carbons (Fsp3) is 0.200. The molecule has 0 atom stereocenters. The molecule has 3 heteroatoms. The molecule has 0 unspecified atom stereocenters. The van der Waals surface area contributed by atoms with Gasteiger partial charge in [-0.3, -0.25) is 0 Å². The molecule has 18 heavy (non-hydrogen) atoms. The monoisotopic (exact) mass is 240 g/mol. The second kappa shape index (κ2) is 4.35. The fourth-order valence-corrected chi connectivity index (χ4v) is 2.26. The molecule has 0 aliphatic rings. The van der Waals surface area contributed by atoms with Gasteiger partial charge >= 0.3 is 0 Å². The van der Waals surface area contributed by atoms with Crippen molar-refractivity contribution >= 4 is 10.9 Å². The van der Waals surface area contributed by atoms with Gasteiger partial charge in [-0.15, -0.1) is 0 Å². The summed E-state index contributed by atoms with van der Waals surface area (Å²) in [5, 5.41) is 1.23. The summed E-state index contributed by atoms with van der Waals surface area (Å²) >= 11 is 0. The number of fused-ring (bicyclic) bond motifs is 1. The Morgan fingerprint density at radius 3 is 2.94 bits per heavy atom. The minimum Gasteiger partial charge on any atom is -0.464 e. The average molecular weight is 240 g/mol. The van der Waals surface area contributed by atoms with E-state index in [2.05, 4.69) is 41.1 Å². The van der Waals surface area contributed by atoms with Gasteiger partial charge in [0.05, 0.1) is 6.26 Å². The van der Waals surface area contributed by atoms with E-state index in [0.717, 1.165) is 23.3 Å². The van der Waals surface area contributed by atoms with Crippen LogP contribution in [0.15, 0.2) is 47.2 Å². The van der Waals surface area contributed by atoms with Crippen molar-refractivity contribution in [1.82, 2.24) is 4.57 Å². The number of aromatic nitrogens is 1. The minimum atomic E-state index is 0.649. The maximum Gasteiger partial charge on any atom is 0.134 e. The summed E-state index contributed by atoms with van der Waals surface area (Å²) < 4.78 is 7.71. The van der Waals surface area contributed by atoms with Gasteiger partial charge in [0.15, 0.2) is 0 Å². The van der Waals surface area contributed by atoms with Gasteiger partial charge in [-0.1, -0.05) is 0 Å². The van der Waals surface area contributed by atoms with Crippen LogP contribution in [0.25, 0.3) is 22.2 Å². The van der Waals surface area contributed by atoms with Crippen molar-refractivity contribution < 1.29 is 4.42 Å². The minimum absolute atomic E-state index is 0.649. The molecule has 0 saturated carbocycles. The Bertz CT molecular complexity index is 679. The van der Waals surface area contributed by atoms with Gasteiger partial charge in [0, 0.05) is 29.7 Å². The normalized spacial score (nSPS) is 11.2. The van der Waals surface area contributed by atoms with Crippen molar-refractivity contribution in [3.63, 3.8) is 0 Å². The van der Waals surface area contributed by atoms with Gasteiger partial charge in [-0.2, -0.15) is 0 Å². The predicted octanol–water partition coefficient (Wildman–Crippen LogP) is 2.94. The Hall–Kier alpha value is -2.00. The van der Waals surface area contributed by atoms with Gasteiger partial charge in [-0.05, 0) is 48.9 Å². The van der Waals surface area contributed by atoms with Crippen LogP contribution in [0, 0.1) is 0 Å². The van der Waals surface area contributed by atoms with Crippen LogP contribution in [0.2, 0.25) is 0 Å². The lowest BCUT2D eigenvalue weighted by Gasteiger charge is -1.99. The summed E-state index contributed by atoms with van der Waals surface area (Å²) in [5.74, 6) is 0.907. The number of rotatable bonds is 3. The highest BCUT2D eigenvalue weighted by Crippen LogP contribution is 2.26. The van der Waals surface area contributed by atoms with E-state index in [1.165, 1.54) is 10.9 Å². The molecule has 0 aliphatic heterocycles. The number of hydrogen-bond donors (Lipinski definition) is 1. The van der Waals surface area contributed by atoms with Crippen molar-refractivity contribution in [2.24, 2.45) is 12.8 Å². The van der Waals surface area contributed by atoms with E-state index >= 15 is 0 Å². The smallest absolute Gasteiger partial charge is 0.134 e. The first-order valence-corrected chi connectivity index (χ1v) is 6.11. The van der Waals surface area contributed by atoms with E-state index in [1.54, 1.807) is 6.26 Å². The molecule has 3 nitrogen and oxygen atoms in total.